The Labute approximate surface area is 186 Å². The zero-order valence-electron chi connectivity index (χ0n) is 18.7. The molecule has 4 heteroatoms. The lowest BCUT2D eigenvalue weighted by atomic mass is 9.67. The van der Waals surface area contributed by atoms with E-state index in [1.165, 1.54) is 0 Å². The lowest BCUT2D eigenvalue weighted by molar-refractivity contribution is -0.118. The van der Waals surface area contributed by atoms with Crippen molar-refractivity contribution in [2.45, 2.75) is 33.1 Å². The number of hydrogen-bond acceptors (Lipinski definition) is 1. The summed E-state index contributed by atoms with van der Waals surface area (Å²) < 4.78 is 0. The Kier molecular flexibility index (Phi) is 3.76. The van der Waals surface area contributed by atoms with Crippen LogP contribution in [0.2, 0.25) is 0 Å². The zero-order chi connectivity index (χ0) is 22.2. The molecule has 3 N–H and O–H groups in total. The number of aromatic nitrogens is 2. The lowest BCUT2D eigenvalue weighted by Crippen LogP contribution is -2.38. The quantitative estimate of drug-likeness (QED) is 0.315. The van der Waals surface area contributed by atoms with Crippen molar-refractivity contribution in [1.29, 1.82) is 0 Å². The molecule has 0 aliphatic carbocycles. The minimum absolute atomic E-state index is 0.00176. The van der Waals surface area contributed by atoms with E-state index in [-0.39, 0.29) is 5.91 Å². The Hall–Kier alpha value is -3.79. The first-order chi connectivity index (χ1) is 15.4. The summed E-state index contributed by atoms with van der Waals surface area (Å²) in [4.78, 5) is 21.4. The van der Waals surface area contributed by atoms with E-state index in [0.717, 1.165) is 66.7 Å². The second-order valence-corrected chi connectivity index (χ2v) is 9.05. The van der Waals surface area contributed by atoms with Crippen molar-refractivity contribution >= 4 is 33.4 Å². The van der Waals surface area contributed by atoms with Gasteiger partial charge in [-0.1, -0.05) is 54.1 Å². The molecule has 0 bridgehead atoms. The highest BCUT2D eigenvalue weighted by atomic mass is 16.2. The number of carbonyl (C=O) groups excluding carboxylic acids is 1. The van der Waals surface area contributed by atoms with E-state index >= 15 is 0 Å². The standard InChI is InChI=1S/C28H25N3O/c1-15-13-16(2)26-21(14-15)28(27(32)31-26,24-17(3)29-22-11-7-5-9-19(22)24)25-18(4)30-23-12-8-6-10-20(23)25/h5-14,29-30H,1-4H3,(H,31,32). The second-order valence-electron chi connectivity index (χ2n) is 9.05. The van der Waals surface area contributed by atoms with E-state index in [0.29, 0.717) is 0 Å². The number of fused-ring (bicyclic) bond motifs is 3. The number of benzene rings is 3. The largest absolute Gasteiger partial charge is 0.358 e. The van der Waals surface area contributed by atoms with Crippen molar-refractivity contribution in [3.8, 4) is 0 Å². The van der Waals surface area contributed by atoms with Crippen LogP contribution in [0.3, 0.4) is 0 Å². The van der Waals surface area contributed by atoms with E-state index in [9.17, 15) is 4.79 Å². The summed E-state index contributed by atoms with van der Waals surface area (Å²) in [6, 6.07) is 20.9. The van der Waals surface area contributed by atoms with Crippen LogP contribution < -0.4 is 5.32 Å². The molecule has 0 saturated heterocycles. The van der Waals surface area contributed by atoms with Gasteiger partial charge in [0.05, 0.1) is 0 Å². The minimum Gasteiger partial charge on any atom is -0.358 e. The molecule has 3 heterocycles. The van der Waals surface area contributed by atoms with Gasteiger partial charge in [0.2, 0.25) is 5.91 Å². The van der Waals surface area contributed by atoms with Crippen LogP contribution in [-0.4, -0.2) is 15.9 Å². The summed E-state index contributed by atoms with van der Waals surface area (Å²) in [5.41, 5.74) is 9.41. The topological polar surface area (TPSA) is 60.7 Å². The Balaban J connectivity index is 1.87. The normalized spacial score (nSPS) is 14.8. The number of aromatic amines is 2. The number of aryl methyl sites for hydroxylation is 4. The molecule has 3 aromatic carbocycles. The molecule has 6 rings (SSSR count). The number of rotatable bonds is 2. The Morgan fingerprint density at radius 1 is 0.719 bits per heavy atom. The predicted molar refractivity (Wildman–Crippen MR) is 130 cm³/mol. The Bertz CT molecular complexity index is 1490. The zero-order valence-corrected chi connectivity index (χ0v) is 18.7. The molecule has 158 valence electrons. The van der Waals surface area contributed by atoms with Gasteiger partial charge in [-0.2, -0.15) is 0 Å². The van der Waals surface area contributed by atoms with Crippen molar-refractivity contribution < 1.29 is 4.79 Å². The van der Waals surface area contributed by atoms with Crippen molar-refractivity contribution in [3.63, 3.8) is 0 Å². The predicted octanol–water partition coefficient (Wildman–Crippen LogP) is 6.17. The summed E-state index contributed by atoms with van der Waals surface area (Å²) in [5.74, 6) is 0.00176. The van der Waals surface area contributed by atoms with E-state index in [2.05, 4.69) is 79.4 Å². The fourth-order valence-corrected chi connectivity index (χ4v) is 5.90. The van der Waals surface area contributed by atoms with E-state index in [1.54, 1.807) is 0 Å². The maximum Gasteiger partial charge on any atom is 0.244 e. The van der Waals surface area contributed by atoms with Gasteiger partial charge in [0, 0.05) is 55.6 Å². The maximum atomic E-state index is 14.3. The van der Waals surface area contributed by atoms with Crippen molar-refractivity contribution in [3.05, 3.63) is 99.9 Å². The molecule has 5 aromatic rings. The van der Waals surface area contributed by atoms with Crippen LogP contribution in [0.1, 0.15) is 39.2 Å². The minimum atomic E-state index is -0.959. The van der Waals surface area contributed by atoms with Crippen LogP contribution in [0.15, 0.2) is 60.7 Å². The third-order valence-corrected chi connectivity index (χ3v) is 7.00. The highest BCUT2D eigenvalue weighted by molar-refractivity contribution is 6.16. The number of hydrogen-bond donors (Lipinski definition) is 3. The van der Waals surface area contributed by atoms with Gasteiger partial charge in [-0.3, -0.25) is 4.79 Å². The molecule has 0 atom stereocenters. The summed E-state index contributed by atoms with van der Waals surface area (Å²) in [6.07, 6.45) is 0. The molecule has 1 amide bonds. The van der Waals surface area contributed by atoms with Crippen molar-refractivity contribution in [1.82, 2.24) is 9.97 Å². The van der Waals surface area contributed by atoms with Crippen molar-refractivity contribution in [2.75, 3.05) is 5.32 Å². The first-order valence-corrected chi connectivity index (χ1v) is 11.0. The van der Waals surface area contributed by atoms with Gasteiger partial charge < -0.3 is 15.3 Å². The fourth-order valence-electron chi connectivity index (χ4n) is 5.90. The van der Waals surface area contributed by atoms with Gasteiger partial charge in [0.1, 0.15) is 5.41 Å². The molecule has 0 saturated carbocycles. The van der Waals surface area contributed by atoms with E-state index < -0.39 is 5.41 Å². The van der Waals surface area contributed by atoms with Crippen LogP contribution in [0.25, 0.3) is 21.8 Å². The molecule has 0 unspecified atom stereocenters. The molecule has 0 radical (unpaired) electrons. The molecule has 2 aromatic heterocycles. The summed E-state index contributed by atoms with van der Waals surface area (Å²) in [6.45, 7) is 8.34. The maximum absolute atomic E-state index is 14.3. The number of anilines is 1. The Morgan fingerprint density at radius 2 is 1.25 bits per heavy atom. The second kappa shape index (κ2) is 6.36. The molecule has 1 aliphatic rings. The molecule has 1 aliphatic heterocycles. The number of para-hydroxylation sites is 2. The highest BCUT2D eigenvalue weighted by Crippen LogP contribution is 2.54. The fraction of sp³-hybridized carbons (Fsp3) is 0.179. The van der Waals surface area contributed by atoms with Gasteiger partial charge in [0.15, 0.2) is 0 Å². The SMILES string of the molecule is Cc1cc(C)c2c(c1)C(c1c(C)[nH]c3ccccc13)(c1c(C)[nH]c3ccccc13)C(=O)N2. The Morgan fingerprint density at radius 3 is 1.81 bits per heavy atom. The third-order valence-electron chi connectivity index (χ3n) is 7.00. The van der Waals surface area contributed by atoms with E-state index in [1.807, 2.05) is 24.3 Å². The molecule has 4 nitrogen and oxygen atoms in total. The van der Waals surface area contributed by atoms with Crippen LogP contribution in [0.4, 0.5) is 5.69 Å². The van der Waals surface area contributed by atoms with Crippen LogP contribution in [-0.2, 0) is 10.2 Å². The molecule has 0 fully saturated rings. The number of nitrogens with one attached hydrogen (secondary N) is 3. The summed E-state index contributed by atoms with van der Waals surface area (Å²) in [7, 11) is 0. The van der Waals surface area contributed by atoms with E-state index in [4.69, 9.17) is 0 Å². The lowest BCUT2D eigenvalue weighted by Gasteiger charge is -2.30. The summed E-state index contributed by atoms with van der Waals surface area (Å²) >= 11 is 0. The monoisotopic (exact) mass is 419 g/mol. The van der Waals surface area contributed by atoms with Gasteiger partial charge in [-0.05, 0) is 45.4 Å². The third kappa shape index (κ3) is 2.24. The average molecular weight is 420 g/mol. The first-order valence-electron chi connectivity index (χ1n) is 11.0. The molecular weight excluding hydrogens is 394 g/mol. The molecule has 0 spiro atoms. The highest BCUT2D eigenvalue weighted by Gasteiger charge is 2.54. The van der Waals surface area contributed by atoms with Crippen LogP contribution in [0, 0.1) is 27.7 Å². The van der Waals surface area contributed by atoms with Gasteiger partial charge >= 0.3 is 0 Å². The number of H-pyrrole nitrogens is 2. The van der Waals surface area contributed by atoms with Gasteiger partial charge in [-0.25, -0.2) is 0 Å². The van der Waals surface area contributed by atoms with Crippen LogP contribution >= 0.6 is 0 Å². The smallest absolute Gasteiger partial charge is 0.244 e. The molecule has 32 heavy (non-hydrogen) atoms. The van der Waals surface area contributed by atoms with Crippen molar-refractivity contribution in [2.24, 2.45) is 0 Å². The summed E-state index contributed by atoms with van der Waals surface area (Å²) in [5, 5.41) is 5.44. The first kappa shape index (κ1) is 18.9. The number of carbonyl (C=O) groups is 1. The van der Waals surface area contributed by atoms with Crippen LogP contribution in [0.5, 0.6) is 0 Å². The van der Waals surface area contributed by atoms with Gasteiger partial charge in [-0.15, -0.1) is 0 Å². The molecular formula is C28H25N3O. The average Bonchev–Trinajstić information content (AvgIpc) is 3.36. The number of amides is 1. The van der Waals surface area contributed by atoms with Gasteiger partial charge in [0.25, 0.3) is 0 Å².